The number of methoxy groups -OCH3 is 1. The van der Waals surface area contributed by atoms with Crippen molar-refractivity contribution in [2.75, 3.05) is 20.7 Å². The lowest BCUT2D eigenvalue weighted by Crippen LogP contribution is -2.46. The third kappa shape index (κ3) is 5.07. The minimum absolute atomic E-state index is 0.109. The molecule has 0 aliphatic rings. The largest absolute Gasteiger partial charge is 0.497 e. The molecule has 1 unspecified atom stereocenters. The van der Waals surface area contributed by atoms with Gasteiger partial charge in [-0.05, 0) is 38.1 Å². The van der Waals surface area contributed by atoms with Crippen molar-refractivity contribution >= 4 is 0 Å². The molecule has 3 heteroatoms. The first-order valence-corrected chi connectivity index (χ1v) is 6.57. The van der Waals surface area contributed by atoms with Gasteiger partial charge >= 0.3 is 0 Å². The van der Waals surface area contributed by atoms with Crippen LogP contribution in [0, 0.1) is 0 Å². The summed E-state index contributed by atoms with van der Waals surface area (Å²) < 4.78 is 5.23. The van der Waals surface area contributed by atoms with E-state index in [1.54, 1.807) is 7.11 Å². The topological polar surface area (TPSA) is 38.5 Å². The molecule has 0 amide bonds. The van der Waals surface area contributed by atoms with Gasteiger partial charge in [-0.3, -0.25) is 0 Å². The molecule has 1 rings (SSSR count). The van der Waals surface area contributed by atoms with Gasteiger partial charge in [-0.1, -0.05) is 25.5 Å². The fourth-order valence-electron chi connectivity index (χ4n) is 2.41. The highest BCUT2D eigenvalue weighted by Crippen LogP contribution is 2.16. The average molecular weight is 250 g/mol. The van der Waals surface area contributed by atoms with E-state index in [1.807, 2.05) is 12.1 Å². The monoisotopic (exact) mass is 250 g/mol. The van der Waals surface area contributed by atoms with Gasteiger partial charge in [0.25, 0.3) is 0 Å². The van der Waals surface area contributed by atoms with E-state index in [0.29, 0.717) is 0 Å². The van der Waals surface area contributed by atoms with E-state index in [0.717, 1.165) is 31.7 Å². The maximum atomic E-state index is 6.27. The number of benzene rings is 1. The number of ether oxygens (including phenoxy) is 1. The fourth-order valence-corrected chi connectivity index (χ4v) is 2.41. The highest BCUT2D eigenvalue weighted by Gasteiger charge is 2.19. The molecule has 0 aliphatic carbocycles. The van der Waals surface area contributed by atoms with Crippen molar-refractivity contribution in [1.29, 1.82) is 0 Å². The van der Waals surface area contributed by atoms with Crippen molar-refractivity contribution in [3.63, 3.8) is 0 Å². The summed E-state index contributed by atoms with van der Waals surface area (Å²) in [6, 6.07) is 8.18. The minimum atomic E-state index is -0.109. The Morgan fingerprint density at radius 3 is 2.72 bits per heavy atom. The second kappa shape index (κ2) is 6.76. The van der Waals surface area contributed by atoms with Crippen LogP contribution in [0.3, 0.4) is 0 Å². The molecule has 0 aromatic heterocycles. The molecule has 0 spiro atoms. The minimum Gasteiger partial charge on any atom is -0.497 e. The van der Waals surface area contributed by atoms with Crippen LogP contribution in [0.15, 0.2) is 24.3 Å². The lowest BCUT2D eigenvalue weighted by molar-refractivity contribution is 0.240. The molecule has 1 aromatic carbocycles. The van der Waals surface area contributed by atoms with Gasteiger partial charge in [0.2, 0.25) is 0 Å². The lowest BCUT2D eigenvalue weighted by atomic mass is 9.97. The number of likely N-dealkylation sites (N-methyl/N-ethyl adjacent to an activating group) is 1. The van der Waals surface area contributed by atoms with Crippen LogP contribution in [0.4, 0.5) is 0 Å². The van der Waals surface area contributed by atoms with Crippen LogP contribution in [-0.2, 0) is 6.54 Å². The van der Waals surface area contributed by atoms with E-state index >= 15 is 0 Å². The first kappa shape index (κ1) is 15.0. The molecule has 2 N–H and O–H groups in total. The molecule has 0 heterocycles. The molecule has 0 bridgehead atoms. The van der Waals surface area contributed by atoms with Crippen LogP contribution in [0.1, 0.15) is 32.3 Å². The lowest BCUT2D eigenvalue weighted by Gasteiger charge is -2.30. The summed E-state index contributed by atoms with van der Waals surface area (Å²) in [5, 5.41) is 0. The molecule has 0 saturated heterocycles. The maximum Gasteiger partial charge on any atom is 0.119 e. The Labute approximate surface area is 111 Å². The Bertz CT molecular complexity index is 363. The quantitative estimate of drug-likeness (QED) is 0.808. The number of hydrogen-bond acceptors (Lipinski definition) is 3. The summed E-state index contributed by atoms with van der Waals surface area (Å²) in [4.78, 5) is 2.27. The number of nitrogens with zero attached hydrogens (tertiary/aromatic N) is 1. The third-order valence-electron chi connectivity index (χ3n) is 3.04. The smallest absolute Gasteiger partial charge is 0.119 e. The van der Waals surface area contributed by atoms with E-state index in [9.17, 15) is 0 Å². The average Bonchev–Trinajstić information content (AvgIpc) is 2.28. The van der Waals surface area contributed by atoms with Crippen LogP contribution < -0.4 is 10.5 Å². The van der Waals surface area contributed by atoms with Crippen LogP contribution >= 0.6 is 0 Å². The molecule has 1 atom stereocenters. The summed E-state index contributed by atoms with van der Waals surface area (Å²) in [6.07, 6.45) is 2.18. The number of hydrogen-bond donors (Lipinski definition) is 1. The molecular weight excluding hydrogens is 224 g/mol. The highest BCUT2D eigenvalue weighted by atomic mass is 16.5. The molecule has 0 aliphatic heterocycles. The van der Waals surface area contributed by atoms with Gasteiger partial charge in [0.15, 0.2) is 0 Å². The van der Waals surface area contributed by atoms with Crippen LogP contribution in [0.5, 0.6) is 5.75 Å². The van der Waals surface area contributed by atoms with Gasteiger partial charge in [0, 0.05) is 18.6 Å². The highest BCUT2D eigenvalue weighted by molar-refractivity contribution is 5.28. The van der Waals surface area contributed by atoms with Gasteiger partial charge in [0.1, 0.15) is 5.75 Å². The second-order valence-corrected chi connectivity index (χ2v) is 5.43. The Morgan fingerprint density at radius 2 is 2.11 bits per heavy atom. The van der Waals surface area contributed by atoms with E-state index in [2.05, 4.69) is 37.9 Å². The Kier molecular flexibility index (Phi) is 5.63. The van der Waals surface area contributed by atoms with Crippen LogP contribution in [0.2, 0.25) is 0 Å². The van der Waals surface area contributed by atoms with E-state index < -0.39 is 0 Å². The summed E-state index contributed by atoms with van der Waals surface area (Å²) in [6.45, 7) is 6.09. The first-order valence-electron chi connectivity index (χ1n) is 6.57. The van der Waals surface area contributed by atoms with Gasteiger partial charge in [0.05, 0.1) is 7.11 Å². The van der Waals surface area contributed by atoms with Crippen molar-refractivity contribution in [2.24, 2.45) is 5.73 Å². The molecule has 1 aromatic rings. The first-order chi connectivity index (χ1) is 8.46. The van der Waals surface area contributed by atoms with E-state index in [4.69, 9.17) is 10.5 Å². The van der Waals surface area contributed by atoms with Gasteiger partial charge in [-0.25, -0.2) is 0 Å². The summed E-state index contributed by atoms with van der Waals surface area (Å²) in [5.74, 6) is 0.907. The molecule has 102 valence electrons. The normalized spacial score (nSPS) is 14.6. The molecular formula is C15H26N2O. The Morgan fingerprint density at radius 1 is 1.39 bits per heavy atom. The zero-order valence-corrected chi connectivity index (χ0v) is 12.1. The van der Waals surface area contributed by atoms with E-state index in [1.165, 1.54) is 5.56 Å². The fraction of sp³-hybridized carbons (Fsp3) is 0.600. The van der Waals surface area contributed by atoms with Crippen molar-refractivity contribution in [2.45, 2.75) is 38.8 Å². The zero-order valence-electron chi connectivity index (χ0n) is 12.1. The third-order valence-corrected chi connectivity index (χ3v) is 3.04. The zero-order chi connectivity index (χ0) is 13.6. The number of nitrogens with two attached hydrogens (primary N) is 1. The predicted molar refractivity (Wildman–Crippen MR) is 76.8 cm³/mol. The maximum absolute atomic E-state index is 6.27. The molecule has 18 heavy (non-hydrogen) atoms. The van der Waals surface area contributed by atoms with E-state index in [-0.39, 0.29) is 5.54 Å². The Balaban J connectivity index is 2.55. The van der Waals surface area contributed by atoms with Crippen molar-refractivity contribution < 1.29 is 4.74 Å². The van der Waals surface area contributed by atoms with Crippen molar-refractivity contribution in [3.8, 4) is 5.75 Å². The molecule has 3 nitrogen and oxygen atoms in total. The van der Waals surface area contributed by atoms with Crippen molar-refractivity contribution in [1.82, 2.24) is 4.90 Å². The van der Waals surface area contributed by atoms with Gasteiger partial charge < -0.3 is 15.4 Å². The summed E-state index contributed by atoms with van der Waals surface area (Å²) in [5.41, 5.74) is 7.42. The van der Waals surface area contributed by atoms with Crippen LogP contribution in [-0.4, -0.2) is 31.1 Å². The van der Waals surface area contributed by atoms with Gasteiger partial charge in [-0.2, -0.15) is 0 Å². The predicted octanol–water partition coefficient (Wildman–Crippen LogP) is 2.64. The van der Waals surface area contributed by atoms with Gasteiger partial charge in [-0.15, -0.1) is 0 Å². The summed E-state index contributed by atoms with van der Waals surface area (Å²) in [7, 11) is 3.81. The summed E-state index contributed by atoms with van der Waals surface area (Å²) >= 11 is 0. The second-order valence-electron chi connectivity index (χ2n) is 5.43. The molecule has 0 fully saturated rings. The Hall–Kier alpha value is -1.06. The number of rotatable bonds is 7. The SMILES string of the molecule is CCCC(C)(N)CN(C)Cc1cccc(OC)c1. The van der Waals surface area contributed by atoms with Crippen LogP contribution in [0.25, 0.3) is 0 Å². The molecule has 0 saturated carbocycles. The standard InChI is InChI=1S/C15H26N2O/c1-5-9-15(2,16)12-17(3)11-13-7-6-8-14(10-13)18-4/h6-8,10H,5,9,11-12,16H2,1-4H3. The van der Waals surface area contributed by atoms with Crippen molar-refractivity contribution in [3.05, 3.63) is 29.8 Å². The molecule has 0 radical (unpaired) electrons.